The number of Topliss-reactive ketones (excluding diaryl/α,β-unsaturated/α-hetero) is 1. The number of benzene rings is 2. The minimum Gasteiger partial charge on any atom is -0.507 e. The van der Waals surface area contributed by atoms with Gasteiger partial charge in [0.2, 0.25) is 0 Å². The maximum absolute atomic E-state index is 14.0. The highest BCUT2D eigenvalue weighted by molar-refractivity contribution is 6.51. The van der Waals surface area contributed by atoms with Gasteiger partial charge in [0.05, 0.1) is 30.5 Å². The third-order valence-electron chi connectivity index (χ3n) is 5.24. The second kappa shape index (κ2) is 9.12. The number of pyridine rings is 1. The number of ketones is 1. The van der Waals surface area contributed by atoms with Crippen molar-refractivity contribution < 1.29 is 28.6 Å². The fourth-order valence-corrected chi connectivity index (χ4v) is 3.82. The summed E-state index contributed by atoms with van der Waals surface area (Å²) in [5.41, 5.74) is 0.489. The quantitative estimate of drug-likeness (QED) is 0.345. The second-order valence-corrected chi connectivity index (χ2v) is 7.20. The Kier molecular flexibility index (Phi) is 6.08. The molecule has 1 fully saturated rings. The van der Waals surface area contributed by atoms with Crippen LogP contribution in [0.5, 0.6) is 11.5 Å². The number of amides is 1. The predicted octanol–water partition coefficient (Wildman–Crippen LogP) is 4.25. The highest BCUT2D eigenvalue weighted by Gasteiger charge is 2.48. The zero-order chi connectivity index (χ0) is 23.5. The van der Waals surface area contributed by atoms with E-state index in [0.717, 1.165) is 6.07 Å². The number of nitrogens with zero attached hydrogens (tertiary/aromatic N) is 2. The molecule has 2 aromatic carbocycles. The van der Waals surface area contributed by atoms with E-state index in [-0.39, 0.29) is 16.9 Å². The van der Waals surface area contributed by atoms with Crippen LogP contribution in [0.25, 0.3) is 5.76 Å². The van der Waals surface area contributed by atoms with Crippen LogP contribution in [-0.4, -0.2) is 35.5 Å². The first-order valence-electron chi connectivity index (χ1n) is 10.2. The monoisotopic (exact) mass is 448 g/mol. The van der Waals surface area contributed by atoms with Crippen LogP contribution in [0.3, 0.4) is 0 Å². The van der Waals surface area contributed by atoms with Crippen LogP contribution in [0, 0.1) is 5.82 Å². The first-order chi connectivity index (χ1) is 16.0. The molecular formula is C25H21FN2O5. The van der Waals surface area contributed by atoms with Gasteiger partial charge in [-0.15, -0.1) is 0 Å². The standard InChI is InChI=1S/C25H21FN2O5/c1-3-33-17-8-6-7-16(14-17)28-22(19-9-4-5-12-27-19)21(24(30)25(28)31)23(29)18-13-15(26)10-11-20(18)32-2/h4-14,22,29H,3H2,1-2H3/b23-21+. The van der Waals surface area contributed by atoms with E-state index in [1.807, 2.05) is 6.92 Å². The van der Waals surface area contributed by atoms with Crippen molar-refractivity contribution in [3.05, 3.63) is 89.5 Å². The lowest BCUT2D eigenvalue weighted by Gasteiger charge is -2.25. The molecule has 3 aromatic rings. The molecule has 1 saturated heterocycles. The molecule has 1 amide bonds. The molecule has 0 radical (unpaired) electrons. The lowest BCUT2D eigenvalue weighted by molar-refractivity contribution is -0.132. The van der Waals surface area contributed by atoms with E-state index in [0.29, 0.717) is 23.7 Å². The average Bonchev–Trinajstić information content (AvgIpc) is 3.10. The highest BCUT2D eigenvalue weighted by Crippen LogP contribution is 2.43. The second-order valence-electron chi connectivity index (χ2n) is 7.20. The Labute approximate surface area is 189 Å². The molecule has 0 aliphatic carbocycles. The molecule has 0 saturated carbocycles. The molecular weight excluding hydrogens is 427 g/mol. The number of halogens is 1. The first-order valence-corrected chi connectivity index (χ1v) is 10.2. The fraction of sp³-hybridized carbons (Fsp3) is 0.160. The number of carbonyl (C=O) groups is 2. The van der Waals surface area contributed by atoms with Crippen molar-refractivity contribution in [1.82, 2.24) is 4.98 Å². The number of rotatable bonds is 6. The van der Waals surface area contributed by atoms with Gasteiger partial charge < -0.3 is 14.6 Å². The molecule has 4 rings (SSSR count). The van der Waals surface area contributed by atoms with Gasteiger partial charge in [-0.25, -0.2) is 4.39 Å². The summed E-state index contributed by atoms with van der Waals surface area (Å²) >= 11 is 0. The molecule has 1 aliphatic heterocycles. The molecule has 0 bridgehead atoms. The topological polar surface area (TPSA) is 89.0 Å². The van der Waals surface area contributed by atoms with Crippen molar-refractivity contribution in [3.63, 3.8) is 0 Å². The number of methoxy groups -OCH3 is 1. The van der Waals surface area contributed by atoms with Gasteiger partial charge in [0, 0.05) is 18.0 Å². The fourth-order valence-electron chi connectivity index (χ4n) is 3.82. The Morgan fingerprint density at radius 2 is 1.94 bits per heavy atom. The molecule has 1 atom stereocenters. The molecule has 8 heteroatoms. The predicted molar refractivity (Wildman–Crippen MR) is 120 cm³/mol. The van der Waals surface area contributed by atoms with Crippen molar-refractivity contribution in [2.45, 2.75) is 13.0 Å². The molecule has 2 heterocycles. The minimum absolute atomic E-state index is 0.0421. The van der Waals surface area contributed by atoms with Crippen LogP contribution in [0.15, 0.2) is 72.4 Å². The van der Waals surface area contributed by atoms with Crippen LogP contribution in [0.2, 0.25) is 0 Å². The van der Waals surface area contributed by atoms with Gasteiger partial charge in [-0.2, -0.15) is 0 Å². The summed E-state index contributed by atoms with van der Waals surface area (Å²) in [6.45, 7) is 2.25. The number of aliphatic hydroxyl groups excluding tert-OH is 1. The summed E-state index contributed by atoms with van der Waals surface area (Å²) in [5, 5.41) is 11.2. The number of aromatic nitrogens is 1. The normalized spacial score (nSPS) is 17.3. The Morgan fingerprint density at radius 1 is 1.12 bits per heavy atom. The van der Waals surface area contributed by atoms with E-state index in [1.54, 1.807) is 42.5 Å². The molecule has 168 valence electrons. The largest absolute Gasteiger partial charge is 0.507 e. The lowest BCUT2D eigenvalue weighted by Crippen LogP contribution is -2.29. The third kappa shape index (κ3) is 4.03. The summed E-state index contributed by atoms with van der Waals surface area (Å²) in [7, 11) is 1.36. The molecule has 0 spiro atoms. The number of carbonyl (C=O) groups excluding carboxylic acids is 2. The van der Waals surface area contributed by atoms with Gasteiger partial charge in [-0.05, 0) is 49.4 Å². The Hall–Kier alpha value is -4.20. The number of hydrogen-bond donors (Lipinski definition) is 1. The minimum atomic E-state index is -1.05. The lowest BCUT2D eigenvalue weighted by atomic mass is 9.97. The number of anilines is 1. The number of ether oxygens (including phenoxy) is 2. The number of aliphatic hydroxyl groups is 1. The van der Waals surface area contributed by atoms with Gasteiger partial charge >= 0.3 is 0 Å². The van der Waals surface area contributed by atoms with E-state index in [1.165, 1.54) is 30.3 Å². The van der Waals surface area contributed by atoms with Gasteiger partial charge in [0.25, 0.3) is 11.7 Å². The van der Waals surface area contributed by atoms with E-state index in [2.05, 4.69) is 4.98 Å². The highest BCUT2D eigenvalue weighted by atomic mass is 19.1. The van der Waals surface area contributed by atoms with Crippen molar-refractivity contribution in [3.8, 4) is 11.5 Å². The smallest absolute Gasteiger partial charge is 0.300 e. The summed E-state index contributed by atoms with van der Waals surface area (Å²) < 4.78 is 24.8. The molecule has 1 N–H and O–H groups in total. The Balaban J connectivity index is 1.95. The van der Waals surface area contributed by atoms with Gasteiger partial charge in [0.1, 0.15) is 29.1 Å². The molecule has 33 heavy (non-hydrogen) atoms. The Morgan fingerprint density at radius 3 is 2.64 bits per heavy atom. The summed E-state index contributed by atoms with van der Waals surface area (Å²) in [6, 6.07) is 14.3. The van der Waals surface area contributed by atoms with E-state index in [9.17, 15) is 19.1 Å². The molecule has 1 unspecified atom stereocenters. The van der Waals surface area contributed by atoms with E-state index < -0.39 is 29.3 Å². The average molecular weight is 448 g/mol. The maximum atomic E-state index is 14.0. The van der Waals surface area contributed by atoms with Crippen LogP contribution in [0.4, 0.5) is 10.1 Å². The van der Waals surface area contributed by atoms with Crippen LogP contribution < -0.4 is 14.4 Å². The van der Waals surface area contributed by atoms with Crippen LogP contribution in [-0.2, 0) is 9.59 Å². The SMILES string of the molecule is CCOc1cccc(N2C(=O)C(=O)/C(=C(/O)c3cc(F)ccc3OC)C2c2ccccn2)c1. The van der Waals surface area contributed by atoms with Crippen molar-refractivity contribution in [2.24, 2.45) is 0 Å². The van der Waals surface area contributed by atoms with Crippen molar-refractivity contribution >= 4 is 23.1 Å². The maximum Gasteiger partial charge on any atom is 0.300 e. The molecule has 1 aliphatic rings. The first kappa shape index (κ1) is 22.0. The summed E-state index contributed by atoms with van der Waals surface area (Å²) in [5.74, 6) is -2.29. The van der Waals surface area contributed by atoms with Gasteiger partial charge in [-0.3, -0.25) is 19.5 Å². The van der Waals surface area contributed by atoms with Crippen LogP contribution in [0.1, 0.15) is 24.2 Å². The van der Waals surface area contributed by atoms with Crippen molar-refractivity contribution in [2.75, 3.05) is 18.6 Å². The summed E-state index contributed by atoms with van der Waals surface area (Å²) in [6.07, 6.45) is 1.52. The zero-order valence-corrected chi connectivity index (χ0v) is 18.0. The number of hydrogen-bond acceptors (Lipinski definition) is 6. The van der Waals surface area contributed by atoms with Gasteiger partial charge in [0.15, 0.2) is 0 Å². The Bertz CT molecular complexity index is 1240. The van der Waals surface area contributed by atoms with Crippen molar-refractivity contribution in [1.29, 1.82) is 0 Å². The zero-order valence-electron chi connectivity index (χ0n) is 18.0. The van der Waals surface area contributed by atoms with Gasteiger partial charge in [-0.1, -0.05) is 12.1 Å². The van der Waals surface area contributed by atoms with E-state index in [4.69, 9.17) is 9.47 Å². The molecule has 1 aromatic heterocycles. The molecule has 7 nitrogen and oxygen atoms in total. The third-order valence-corrected chi connectivity index (χ3v) is 5.24. The summed E-state index contributed by atoms with van der Waals surface area (Å²) in [4.78, 5) is 31.9. The van der Waals surface area contributed by atoms with E-state index >= 15 is 0 Å². The van der Waals surface area contributed by atoms with Crippen LogP contribution >= 0.6 is 0 Å².